The minimum atomic E-state index is -0.690. The maximum atomic E-state index is 10.6. The highest BCUT2D eigenvalue weighted by molar-refractivity contribution is 5.94. The van der Waals surface area contributed by atoms with Crippen LogP contribution in [-0.4, -0.2) is 21.4 Å². The maximum absolute atomic E-state index is 10.6. The first-order chi connectivity index (χ1) is 5.52. The number of amides is 2. The molecule has 0 unspecified atom stereocenters. The van der Waals surface area contributed by atoms with E-state index in [4.69, 9.17) is 11.5 Å². The van der Waals surface area contributed by atoms with Gasteiger partial charge in [-0.1, -0.05) is 0 Å². The van der Waals surface area contributed by atoms with E-state index < -0.39 is 11.8 Å². The molecule has 6 heteroatoms. The number of carbonyl (C=O) groups is 2. The van der Waals surface area contributed by atoms with Gasteiger partial charge in [0.25, 0.3) is 11.8 Å². The number of rotatable bonds is 2. The molecular weight excluding hydrogens is 160 g/mol. The average Bonchev–Trinajstić information content (AvgIpc) is 2.30. The number of hydrogen-bond donors (Lipinski definition) is 2. The number of nitrogens with two attached hydrogens (primary N) is 2. The van der Waals surface area contributed by atoms with Crippen LogP contribution in [0.5, 0.6) is 0 Å². The monoisotopic (exact) mass is 168 g/mol. The zero-order valence-electron chi connectivity index (χ0n) is 6.44. The van der Waals surface area contributed by atoms with E-state index in [1.807, 2.05) is 0 Å². The van der Waals surface area contributed by atoms with Crippen molar-refractivity contribution in [3.8, 4) is 0 Å². The third kappa shape index (κ3) is 1.26. The Hall–Kier alpha value is -1.85. The number of carbonyl (C=O) groups excluding carboxylic acids is 2. The van der Waals surface area contributed by atoms with E-state index in [-0.39, 0.29) is 11.5 Å². The summed E-state index contributed by atoms with van der Waals surface area (Å²) in [6.07, 6.45) is 1.35. The van der Waals surface area contributed by atoms with Gasteiger partial charge in [-0.05, 0) is 0 Å². The average molecular weight is 168 g/mol. The fourth-order valence-corrected chi connectivity index (χ4v) is 0.814. The van der Waals surface area contributed by atoms with Crippen molar-refractivity contribution in [2.75, 3.05) is 0 Å². The Morgan fingerprint density at radius 2 is 2.00 bits per heavy atom. The Bertz CT molecular complexity index is 341. The van der Waals surface area contributed by atoms with Gasteiger partial charge in [0.15, 0.2) is 5.82 Å². The molecule has 0 aromatic carbocycles. The Morgan fingerprint density at radius 1 is 1.42 bits per heavy atom. The Morgan fingerprint density at radius 3 is 2.25 bits per heavy atom. The molecule has 4 N–H and O–H groups in total. The maximum Gasteiger partial charge on any atom is 0.284 e. The highest BCUT2D eigenvalue weighted by Gasteiger charge is 2.12. The van der Waals surface area contributed by atoms with E-state index in [2.05, 4.69) is 4.98 Å². The van der Waals surface area contributed by atoms with Gasteiger partial charge in [-0.3, -0.25) is 9.59 Å². The molecular formula is C6H8N4O2. The molecule has 12 heavy (non-hydrogen) atoms. The topological polar surface area (TPSA) is 104 Å². The Balaban J connectivity index is 3.17. The summed E-state index contributed by atoms with van der Waals surface area (Å²) in [6, 6.07) is 0. The molecule has 0 atom stereocenters. The largest absolute Gasteiger partial charge is 0.364 e. The summed E-state index contributed by atoms with van der Waals surface area (Å²) in [5, 5.41) is 0. The van der Waals surface area contributed by atoms with Crippen LogP contribution < -0.4 is 11.5 Å². The summed E-state index contributed by atoms with van der Waals surface area (Å²) in [6.45, 7) is 0. The van der Waals surface area contributed by atoms with Crippen molar-refractivity contribution in [2.24, 2.45) is 18.5 Å². The van der Waals surface area contributed by atoms with Crippen LogP contribution in [0.25, 0.3) is 0 Å². The quantitative estimate of drug-likeness (QED) is 0.568. The van der Waals surface area contributed by atoms with Gasteiger partial charge in [-0.25, -0.2) is 4.98 Å². The van der Waals surface area contributed by atoms with E-state index in [0.29, 0.717) is 0 Å². The molecule has 6 nitrogen and oxygen atoms in total. The lowest BCUT2D eigenvalue weighted by atomic mass is 10.5. The highest BCUT2D eigenvalue weighted by Crippen LogP contribution is 1.99. The molecule has 0 bridgehead atoms. The van der Waals surface area contributed by atoms with Gasteiger partial charge in [0.1, 0.15) is 5.69 Å². The van der Waals surface area contributed by atoms with Crippen LogP contribution >= 0.6 is 0 Å². The van der Waals surface area contributed by atoms with E-state index in [1.165, 1.54) is 10.8 Å². The second kappa shape index (κ2) is 2.65. The molecule has 0 aliphatic carbocycles. The van der Waals surface area contributed by atoms with E-state index in [9.17, 15) is 9.59 Å². The van der Waals surface area contributed by atoms with Crippen LogP contribution in [0, 0.1) is 0 Å². The molecule has 0 aliphatic heterocycles. The molecule has 1 rings (SSSR count). The molecule has 0 fully saturated rings. The lowest BCUT2D eigenvalue weighted by Crippen LogP contribution is -2.17. The molecule has 0 radical (unpaired) electrons. The highest BCUT2D eigenvalue weighted by atomic mass is 16.2. The number of aromatic nitrogens is 2. The SMILES string of the molecule is Cn1cc(C(N)=O)nc1C(N)=O. The summed E-state index contributed by atoms with van der Waals surface area (Å²) in [7, 11) is 1.56. The molecule has 0 saturated heterocycles. The number of imidazole rings is 1. The second-order valence-corrected chi connectivity index (χ2v) is 2.29. The van der Waals surface area contributed by atoms with Gasteiger partial charge in [-0.2, -0.15) is 0 Å². The zero-order valence-corrected chi connectivity index (χ0v) is 6.44. The van der Waals surface area contributed by atoms with Crippen LogP contribution in [0.3, 0.4) is 0 Å². The fraction of sp³-hybridized carbons (Fsp3) is 0.167. The van der Waals surface area contributed by atoms with Gasteiger partial charge in [-0.15, -0.1) is 0 Å². The van der Waals surface area contributed by atoms with Crippen LogP contribution in [0.15, 0.2) is 6.20 Å². The van der Waals surface area contributed by atoms with Gasteiger partial charge in [0.05, 0.1) is 0 Å². The molecule has 2 amide bonds. The first kappa shape index (κ1) is 8.25. The number of nitrogens with zero attached hydrogens (tertiary/aromatic N) is 2. The number of aryl methyl sites for hydroxylation is 1. The minimum Gasteiger partial charge on any atom is -0.364 e. The van der Waals surface area contributed by atoms with Crippen LogP contribution in [0.4, 0.5) is 0 Å². The Kier molecular flexibility index (Phi) is 1.82. The van der Waals surface area contributed by atoms with Crippen molar-refractivity contribution in [2.45, 2.75) is 0 Å². The smallest absolute Gasteiger partial charge is 0.284 e. The zero-order chi connectivity index (χ0) is 9.30. The van der Waals surface area contributed by atoms with Crippen molar-refractivity contribution in [3.63, 3.8) is 0 Å². The van der Waals surface area contributed by atoms with Crippen molar-refractivity contribution in [3.05, 3.63) is 17.7 Å². The molecule has 1 aromatic rings. The van der Waals surface area contributed by atoms with Gasteiger partial charge < -0.3 is 16.0 Å². The lowest BCUT2D eigenvalue weighted by Gasteiger charge is -1.91. The standard InChI is InChI=1S/C6H8N4O2/c1-10-2-3(4(7)11)9-6(10)5(8)12/h2H,1H3,(H2,7,11)(H2,8,12). The first-order valence-corrected chi connectivity index (χ1v) is 3.15. The predicted molar refractivity (Wildman–Crippen MR) is 40.2 cm³/mol. The van der Waals surface area contributed by atoms with Crippen molar-refractivity contribution in [1.29, 1.82) is 0 Å². The van der Waals surface area contributed by atoms with Crippen LogP contribution in [0.2, 0.25) is 0 Å². The van der Waals surface area contributed by atoms with E-state index in [1.54, 1.807) is 7.05 Å². The number of hydrogen-bond acceptors (Lipinski definition) is 3. The molecule has 1 heterocycles. The fourth-order valence-electron chi connectivity index (χ4n) is 0.814. The number of primary amides is 2. The van der Waals surface area contributed by atoms with Crippen molar-refractivity contribution in [1.82, 2.24) is 9.55 Å². The molecule has 64 valence electrons. The van der Waals surface area contributed by atoms with Crippen molar-refractivity contribution >= 4 is 11.8 Å². The van der Waals surface area contributed by atoms with Crippen molar-refractivity contribution < 1.29 is 9.59 Å². The molecule has 1 aromatic heterocycles. The Labute approximate surface area is 68.2 Å². The van der Waals surface area contributed by atoms with Gasteiger partial charge >= 0.3 is 0 Å². The summed E-state index contributed by atoms with van der Waals surface area (Å²) >= 11 is 0. The molecule has 0 spiro atoms. The van der Waals surface area contributed by atoms with Crippen LogP contribution in [-0.2, 0) is 7.05 Å². The summed E-state index contributed by atoms with van der Waals surface area (Å²) in [5.74, 6) is -1.35. The first-order valence-electron chi connectivity index (χ1n) is 3.15. The minimum absolute atomic E-state index is 0.0174. The summed E-state index contributed by atoms with van der Waals surface area (Å²) < 4.78 is 1.35. The third-order valence-electron chi connectivity index (χ3n) is 1.35. The van der Waals surface area contributed by atoms with E-state index >= 15 is 0 Å². The third-order valence-corrected chi connectivity index (χ3v) is 1.35. The molecule has 0 aliphatic rings. The lowest BCUT2D eigenvalue weighted by molar-refractivity contribution is 0.0987. The normalized spacial score (nSPS) is 9.75. The van der Waals surface area contributed by atoms with E-state index in [0.717, 1.165) is 0 Å². The van der Waals surface area contributed by atoms with Gasteiger partial charge in [0, 0.05) is 13.2 Å². The van der Waals surface area contributed by atoms with Gasteiger partial charge in [0.2, 0.25) is 0 Å². The second-order valence-electron chi connectivity index (χ2n) is 2.29. The summed E-state index contributed by atoms with van der Waals surface area (Å²) in [5.41, 5.74) is 9.92. The van der Waals surface area contributed by atoms with Crippen LogP contribution in [0.1, 0.15) is 21.1 Å². The summed E-state index contributed by atoms with van der Waals surface area (Å²) in [4.78, 5) is 24.9. The molecule has 0 saturated carbocycles. The predicted octanol–water partition coefficient (Wildman–Crippen LogP) is -1.38.